The molecule has 4 heteroatoms. The maximum atomic E-state index is 12.7. The summed E-state index contributed by atoms with van der Waals surface area (Å²) in [6.07, 6.45) is 3.79. The van der Waals surface area contributed by atoms with Gasteiger partial charge in [0.1, 0.15) is 11.6 Å². The topological polar surface area (TPSA) is 42.4 Å². The molecule has 1 amide bonds. The van der Waals surface area contributed by atoms with Gasteiger partial charge in [-0.25, -0.2) is 4.98 Å². The van der Waals surface area contributed by atoms with Gasteiger partial charge in [-0.2, -0.15) is 0 Å². The summed E-state index contributed by atoms with van der Waals surface area (Å²) in [6, 6.07) is 13.1. The summed E-state index contributed by atoms with van der Waals surface area (Å²) in [4.78, 5) is 18.8. The van der Waals surface area contributed by atoms with Crippen LogP contribution in [0.5, 0.6) is 5.75 Å². The molecule has 0 spiro atoms. The zero-order valence-corrected chi connectivity index (χ0v) is 11.3. The van der Waals surface area contributed by atoms with Crippen LogP contribution in [0.3, 0.4) is 0 Å². The molecule has 1 fully saturated rings. The lowest BCUT2D eigenvalue weighted by Crippen LogP contribution is -2.33. The third kappa shape index (κ3) is 2.50. The van der Waals surface area contributed by atoms with Crippen LogP contribution in [-0.2, 0) is 0 Å². The largest absolute Gasteiger partial charge is 0.497 e. The van der Waals surface area contributed by atoms with E-state index in [4.69, 9.17) is 4.74 Å². The molecule has 1 saturated carbocycles. The van der Waals surface area contributed by atoms with Gasteiger partial charge in [-0.3, -0.25) is 9.69 Å². The molecule has 0 bridgehead atoms. The Morgan fingerprint density at radius 1 is 1.20 bits per heavy atom. The van der Waals surface area contributed by atoms with Crippen molar-refractivity contribution in [3.63, 3.8) is 0 Å². The van der Waals surface area contributed by atoms with Gasteiger partial charge in [-0.15, -0.1) is 0 Å². The molecule has 0 atom stereocenters. The van der Waals surface area contributed by atoms with Gasteiger partial charge in [-0.05, 0) is 49.2 Å². The molecular weight excluding hydrogens is 252 g/mol. The number of rotatable bonds is 4. The van der Waals surface area contributed by atoms with Crippen LogP contribution >= 0.6 is 0 Å². The fourth-order valence-corrected chi connectivity index (χ4v) is 2.16. The number of benzene rings is 1. The number of anilines is 1. The Labute approximate surface area is 118 Å². The Morgan fingerprint density at radius 2 is 1.95 bits per heavy atom. The number of nitrogens with zero attached hydrogens (tertiary/aromatic N) is 2. The minimum absolute atomic E-state index is 0.00569. The molecule has 3 rings (SSSR count). The molecule has 1 aromatic carbocycles. The van der Waals surface area contributed by atoms with Crippen molar-refractivity contribution in [1.29, 1.82) is 0 Å². The van der Waals surface area contributed by atoms with E-state index in [1.165, 1.54) is 0 Å². The number of hydrogen-bond donors (Lipinski definition) is 0. The van der Waals surface area contributed by atoms with Gasteiger partial charge >= 0.3 is 0 Å². The number of aromatic nitrogens is 1. The summed E-state index contributed by atoms with van der Waals surface area (Å²) >= 11 is 0. The van der Waals surface area contributed by atoms with Crippen LogP contribution in [0.25, 0.3) is 0 Å². The van der Waals surface area contributed by atoms with E-state index >= 15 is 0 Å². The summed E-state index contributed by atoms with van der Waals surface area (Å²) in [6.45, 7) is 0. The molecule has 1 aliphatic carbocycles. The third-order valence-electron chi connectivity index (χ3n) is 3.36. The van der Waals surface area contributed by atoms with E-state index in [0.29, 0.717) is 5.56 Å². The van der Waals surface area contributed by atoms with Crippen molar-refractivity contribution in [2.24, 2.45) is 0 Å². The van der Waals surface area contributed by atoms with Crippen LogP contribution in [-0.4, -0.2) is 24.0 Å². The molecule has 1 aliphatic rings. The zero-order valence-electron chi connectivity index (χ0n) is 11.3. The molecule has 1 aromatic heterocycles. The van der Waals surface area contributed by atoms with Crippen LogP contribution in [0, 0.1) is 0 Å². The Bertz CT molecular complexity index is 592. The van der Waals surface area contributed by atoms with Crippen molar-refractivity contribution < 1.29 is 9.53 Å². The Kier molecular flexibility index (Phi) is 3.37. The Hall–Kier alpha value is -2.36. The average Bonchev–Trinajstić information content (AvgIpc) is 3.33. The van der Waals surface area contributed by atoms with Crippen LogP contribution in [0.15, 0.2) is 48.7 Å². The minimum Gasteiger partial charge on any atom is -0.497 e. The molecule has 4 nitrogen and oxygen atoms in total. The predicted octanol–water partition coefficient (Wildman–Crippen LogP) is 2.90. The standard InChI is InChI=1S/C16H16N2O2/c1-20-14-9-5-12(6-10-14)16(19)18(13-7-8-13)15-4-2-3-11-17-15/h2-6,9-11,13H,7-8H2,1H3. The van der Waals surface area contributed by atoms with Gasteiger partial charge in [0.2, 0.25) is 0 Å². The highest BCUT2D eigenvalue weighted by Crippen LogP contribution is 2.32. The summed E-state index contributed by atoms with van der Waals surface area (Å²) in [5.74, 6) is 1.46. The number of carbonyl (C=O) groups is 1. The second-order valence-corrected chi connectivity index (χ2v) is 4.82. The van der Waals surface area contributed by atoms with Gasteiger partial charge in [0.05, 0.1) is 7.11 Å². The second-order valence-electron chi connectivity index (χ2n) is 4.82. The smallest absolute Gasteiger partial charge is 0.259 e. The highest BCUT2D eigenvalue weighted by atomic mass is 16.5. The molecule has 0 N–H and O–H groups in total. The van der Waals surface area contributed by atoms with Crippen molar-refractivity contribution >= 4 is 11.7 Å². The first-order valence-corrected chi connectivity index (χ1v) is 6.68. The van der Waals surface area contributed by atoms with Crippen molar-refractivity contribution in [2.45, 2.75) is 18.9 Å². The third-order valence-corrected chi connectivity index (χ3v) is 3.36. The van der Waals surface area contributed by atoms with Crippen LogP contribution in [0.2, 0.25) is 0 Å². The minimum atomic E-state index is -0.00569. The lowest BCUT2D eigenvalue weighted by atomic mass is 10.2. The van der Waals surface area contributed by atoms with Crippen molar-refractivity contribution in [3.05, 3.63) is 54.2 Å². The first-order valence-electron chi connectivity index (χ1n) is 6.68. The fourth-order valence-electron chi connectivity index (χ4n) is 2.16. The number of methoxy groups -OCH3 is 1. The first-order chi connectivity index (χ1) is 9.79. The quantitative estimate of drug-likeness (QED) is 0.856. The summed E-state index contributed by atoms with van der Waals surface area (Å²) < 4.78 is 5.12. The normalized spacial score (nSPS) is 13.8. The second kappa shape index (κ2) is 5.33. The van der Waals surface area contributed by atoms with Crippen molar-refractivity contribution in [1.82, 2.24) is 4.98 Å². The highest BCUT2D eigenvalue weighted by Gasteiger charge is 2.34. The Morgan fingerprint density at radius 3 is 2.50 bits per heavy atom. The van der Waals surface area contributed by atoms with E-state index in [9.17, 15) is 4.79 Å². The zero-order chi connectivity index (χ0) is 13.9. The number of hydrogen-bond acceptors (Lipinski definition) is 3. The monoisotopic (exact) mass is 268 g/mol. The molecule has 20 heavy (non-hydrogen) atoms. The fraction of sp³-hybridized carbons (Fsp3) is 0.250. The molecule has 102 valence electrons. The van der Waals surface area contributed by atoms with E-state index in [1.54, 1.807) is 42.5 Å². The van der Waals surface area contributed by atoms with Crippen molar-refractivity contribution in [2.75, 3.05) is 12.0 Å². The molecule has 0 unspecified atom stereocenters. The Balaban J connectivity index is 1.89. The first kappa shape index (κ1) is 12.7. The van der Waals surface area contributed by atoms with Gasteiger partial charge in [-0.1, -0.05) is 6.07 Å². The lowest BCUT2D eigenvalue weighted by Gasteiger charge is -2.21. The van der Waals surface area contributed by atoms with Crippen molar-refractivity contribution in [3.8, 4) is 5.75 Å². The van der Waals surface area contributed by atoms with Gasteiger partial charge < -0.3 is 4.74 Å². The molecule has 0 radical (unpaired) electrons. The summed E-state index contributed by atoms with van der Waals surface area (Å²) in [5, 5.41) is 0. The van der Waals surface area contributed by atoms with Gasteiger partial charge in [0, 0.05) is 17.8 Å². The highest BCUT2D eigenvalue weighted by molar-refractivity contribution is 6.06. The SMILES string of the molecule is COc1ccc(C(=O)N(c2ccccn2)C2CC2)cc1. The van der Waals surface area contributed by atoms with E-state index < -0.39 is 0 Å². The van der Waals surface area contributed by atoms with Crippen LogP contribution in [0.1, 0.15) is 23.2 Å². The summed E-state index contributed by atoms with van der Waals surface area (Å²) in [7, 11) is 1.61. The summed E-state index contributed by atoms with van der Waals surface area (Å²) in [5.41, 5.74) is 0.656. The molecule has 0 aliphatic heterocycles. The van der Waals surface area contributed by atoms with E-state index in [-0.39, 0.29) is 11.9 Å². The predicted molar refractivity (Wildman–Crippen MR) is 77.1 cm³/mol. The van der Waals surface area contributed by atoms with E-state index in [1.807, 2.05) is 18.2 Å². The van der Waals surface area contributed by atoms with E-state index in [0.717, 1.165) is 24.4 Å². The molecule has 0 saturated heterocycles. The van der Waals surface area contributed by atoms with Gasteiger partial charge in [0.25, 0.3) is 5.91 Å². The van der Waals surface area contributed by atoms with Crippen LogP contribution < -0.4 is 9.64 Å². The molecule has 2 aromatic rings. The van der Waals surface area contributed by atoms with Crippen LogP contribution in [0.4, 0.5) is 5.82 Å². The van der Waals surface area contributed by atoms with Gasteiger partial charge in [0.15, 0.2) is 0 Å². The number of pyridine rings is 1. The average molecular weight is 268 g/mol. The maximum Gasteiger partial charge on any atom is 0.259 e. The maximum absolute atomic E-state index is 12.7. The molecular formula is C16H16N2O2. The molecule has 1 heterocycles. The number of amides is 1. The van der Waals surface area contributed by atoms with E-state index in [2.05, 4.69) is 4.98 Å². The number of ether oxygens (including phenoxy) is 1. The lowest BCUT2D eigenvalue weighted by molar-refractivity contribution is 0.0984. The number of carbonyl (C=O) groups excluding carboxylic acids is 1.